The van der Waals surface area contributed by atoms with Gasteiger partial charge in [-0.15, -0.1) is 0 Å². The largest absolute Gasteiger partial charge is 0.496 e. The maximum atomic E-state index is 10.2. The molecule has 32 heavy (non-hydrogen) atoms. The number of benzene rings is 3. The van der Waals surface area contributed by atoms with Crippen molar-refractivity contribution in [2.75, 3.05) is 7.11 Å². The van der Waals surface area contributed by atoms with Crippen molar-refractivity contribution in [2.45, 2.75) is 44.4 Å². The average Bonchev–Trinajstić information content (AvgIpc) is 2.84. The third kappa shape index (κ3) is 6.19. The molecule has 168 valence electrons. The van der Waals surface area contributed by atoms with Crippen LogP contribution in [0.2, 0.25) is 0 Å². The second-order valence-corrected chi connectivity index (χ2v) is 7.99. The molecule has 3 N–H and O–H groups in total. The van der Waals surface area contributed by atoms with Gasteiger partial charge in [-0.05, 0) is 54.5 Å². The number of fused-ring (bicyclic) bond motifs is 1. The van der Waals surface area contributed by atoms with Crippen LogP contribution in [0.15, 0.2) is 78.9 Å². The summed E-state index contributed by atoms with van der Waals surface area (Å²) in [5.41, 5.74) is 4.58. The number of aliphatic hydroxyl groups excluding tert-OH is 1. The lowest BCUT2D eigenvalue weighted by Gasteiger charge is -2.29. The van der Waals surface area contributed by atoms with Crippen LogP contribution >= 0.6 is 0 Å². The molecule has 0 amide bonds. The van der Waals surface area contributed by atoms with E-state index >= 15 is 0 Å². The number of aliphatic hydroxyl groups is 1. The molecule has 1 aliphatic rings. The molecule has 5 heteroatoms. The lowest BCUT2D eigenvalue weighted by molar-refractivity contribution is -0.146. The Labute approximate surface area is 189 Å². The maximum Gasteiger partial charge on any atom is 0.337 e. The van der Waals surface area contributed by atoms with Crippen molar-refractivity contribution in [3.8, 4) is 5.75 Å². The van der Waals surface area contributed by atoms with E-state index in [1.807, 2.05) is 0 Å². The number of carbonyl (C=O) groups is 1. The van der Waals surface area contributed by atoms with Gasteiger partial charge < -0.3 is 20.3 Å². The highest BCUT2D eigenvalue weighted by molar-refractivity contribution is 5.73. The van der Waals surface area contributed by atoms with E-state index in [4.69, 9.17) is 14.9 Å². The summed E-state index contributed by atoms with van der Waals surface area (Å²) in [4.78, 5) is 10.2. The number of hydrogen-bond donors (Lipinski definition) is 3. The summed E-state index contributed by atoms with van der Waals surface area (Å²) in [6.07, 6.45) is 1.95. The highest BCUT2D eigenvalue weighted by atomic mass is 16.5. The van der Waals surface area contributed by atoms with E-state index in [0.717, 1.165) is 18.6 Å². The first-order chi connectivity index (χ1) is 15.5. The lowest BCUT2D eigenvalue weighted by Crippen LogP contribution is -2.36. The van der Waals surface area contributed by atoms with Gasteiger partial charge in [-0.3, -0.25) is 0 Å². The molecule has 0 bridgehead atoms. The SMILES string of the molecule is COc1cccc2c1CC[C@H](N[C@H](C)c1ccccc1)C2.O=C(O)[C@H](O)c1ccccc1. The number of aliphatic carboxylic acids is 1. The third-order valence-corrected chi connectivity index (χ3v) is 5.79. The molecular formula is C27H31NO4. The standard InChI is InChI=1S/C19H23NO.C8H8O3/c1-14(15-7-4-3-5-8-15)20-17-11-12-18-16(13-17)9-6-10-19(18)21-2;9-7(8(10)11)6-4-2-1-3-5-6/h3-10,14,17,20H,11-13H2,1-2H3;1-5,7,9H,(H,10,11)/t14-,17+;7-/m11/s1. The van der Waals surface area contributed by atoms with E-state index < -0.39 is 12.1 Å². The number of methoxy groups -OCH3 is 1. The van der Waals surface area contributed by atoms with Crippen molar-refractivity contribution >= 4 is 5.97 Å². The van der Waals surface area contributed by atoms with E-state index in [1.165, 1.54) is 23.1 Å². The van der Waals surface area contributed by atoms with Gasteiger partial charge in [0.1, 0.15) is 5.75 Å². The number of carboxylic acid groups (broad SMARTS) is 1. The van der Waals surface area contributed by atoms with Crippen LogP contribution in [0.1, 0.15) is 47.7 Å². The van der Waals surface area contributed by atoms with E-state index in [9.17, 15) is 4.79 Å². The van der Waals surface area contributed by atoms with Gasteiger partial charge in [0.2, 0.25) is 0 Å². The fourth-order valence-corrected chi connectivity index (χ4v) is 4.08. The third-order valence-electron chi connectivity index (χ3n) is 5.79. The minimum absolute atomic E-state index is 0.392. The van der Waals surface area contributed by atoms with Crippen LogP contribution in [0.4, 0.5) is 0 Å². The summed E-state index contributed by atoms with van der Waals surface area (Å²) in [5.74, 6) is -0.182. The highest BCUT2D eigenvalue weighted by Crippen LogP contribution is 2.30. The number of rotatable bonds is 6. The first-order valence-corrected chi connectivity index (χ1v) is 10.9. The van der Waals surface area contributed by atoms with Crippen LogP contribution in [0.25, 0.3) is 0 Å². The predicted molar refractivity (Wildman–Crippen MR) is 126 cm³/mol. The van der Waals surface area contributed by atoms with Crippen LogP contribution in [0.5, 0.6) is 5.75 Å². The Morgan fingerprint density at radius 3 is 2.19 bits per heavy atom. The molecule has 0 heterocycles. The van der Waals surface area contributed by atoms with Crippen LogP contribution in [-0.4, -0.2) is 29.3 Å². The first-order valence-electron chi connectivity index (χ1n) is 10.9. The summed E-state index contributed by atoms with van der Waals surface area (Å²) in [5, 5.41) is 21.2. The van der Waals surface area contributed by atoms with Gasteiger partial charge in [0.15, 0.2) is 6.10 Å². The summed E-state index contributed by atoms with van der Waals surface area (Å²) in [6, 6.07) is 26.3. The van der Waals surface area contributed by atoms with Gasteiger partial charge in [0.25, 0.3) is 0 Å². The highest BCUT2D eigenvalue weighted by Gasteiger charge is 2.22. The van der Waals surface area contributed by atoms with E-state index in [0.29, 0.717) is 17.6 Å². The molecule has 0 fully saturated rings. The minimum atomic E-state index is -1.41. The number of hydrogen-bond acceptors (Lipinski definition) is 4. The van der Waals surface area contributed by atoms with E-state index in [-0.39, 0.29) is 0 Å². The molecule has 0 spiro atoms. The van der Waals surface area contributed by atoms with Crippen LogP contribution in [0, 0.1) is 0 Å². The van der Waals surface area contributed by atoms with Crippen molar-refractivity contribution in [2.24, 2.45) is 0 Å². The Kier molecular flexibility index (Phi) is 8.42. The van der Waals surface area contributed by atoms with Crippen molar-refractivity contribution < 1.29 is 19.7 Å². The van der Waals surface area contributed by atoms with Gasteiger partial charge in [0.05, 0.1) is 7.11 Å². The van der Waals surface area contributed by atoms with Crippen molar-refractivity contribution in [1.29, 1.82) is 0 Å². The molecule has 0 saturated carbocycles. The molecule has 0 saturated heterocycles. The molecule has 0 aliphatic heterocycles. The van der Waals surface area contributed by atoms with Gasteiger partial charge in [-0.2, -0.15) is 0 Å². The second kappa shape index (κ2) is 11.5. The van der Waals surface area contributed by atoms with Crippen molar-refractivity contribution in [3.05, 3.63) is 101 Å². The van der Waals surface area contributed by atoms with Crippen molar-refractivity contribution in [1.82, 2.24) is 5.32 Å². The molecule has 0 radical (unpaired) electrons. The molecule has 1 aliphatic carbocycles. The molecule has 3 atom stereocenters. The number of nitrogens with one attached hydrogen (secondary N) is 1. The molecule has 5 nitrogen and oxygen atoms in total. The lowest BCUT2D eigenvalue weighted by atomic mass is 9.87. The fourth-order valence-electron chi connectivity index (χ4n) is 4.08. The van der Waals surface area contributed by atoms with Gasteiger partial charge in [0, 0.05) is 12.1 Å². The zero-order chi connectivity index (χ0) is 22.9. The summed E-state index contributed by atoms with van der Waals surface area (Å²) >= 11 is 0. The maximum absolute atomic E-state index is 10.2. The molecule has 0 unspecified atom stereocenters. The number of carboxylic acids is 1. The molecular weight excluding hydrogens is 402 g/mol. The van der Waals surface area contributed by atoms with Gasteiger partial charge in [-0.1, -0.05) is 72.8 Å². The molecule has 3 aromatic rings. The topological polar surface area (TPSA) is 78.8 Å². The van der Waals surface area contributed by atoms with E-state index in [2.05, 4.69) is 60.8 Å². The molecule has 4 rings (SSSR count). The smallest absolute Gasteiger partial charge is 0.337 e. The Morgan fingerprint density at radius 1 is 0.969 bits per heavy atom. The Morgan fingerprint density at radius 2 is 1.59 bits per heavy atom. The zero-order valence-electron chi connectivity index (χ0n) is 18.6. The summed E-state index contributed by atoms with van der Waals surface area (Å²) < 4.78 is 5.48. The predicted octanol–water partition coefficient (Wildman–Crippen LogP) is 4.71. The second-order valence-electron chi connectivity index (χ2n) is 7.99. The number of ether oxygens (including phenoxy) is 1. The Hall–Kier alpha value is -3.15. The Balaban J connectivity index is 0.000000222. The molecule has 3 aromatic carbocycles. The van der Waals surface area contributed by atoms with Gasteiger partial charge in [-0.25, -0.2) is 4.79 Å². The summed E-state index contributed by atoms with van der Waals surface area (Å²) in [6.45, 7) is 2.25. The monoisotopic (exact) mass is 433 g/mol. The molecule has 0 aromatic heterocycles. The average molecular weight is 434 g/mol. The fraction of sp³-hybridized carbons (Fsp3) is 0.296. The van der Waals surface area contributed by atoms with Gasteiger partial charge >= 0.3 is 5.97 Å². The van der Waals surface area contributed by atoms with Crippen LogP contribution in [0.3, 0.4) is 0 Å². The summed E-state index contributed by atoms with van der Waals surface area (Å²) in [7, 11) is 1.76. The van der Waals surface area contributed by atoms with Crippen molar-refractivity contribution in [3.63, 3.8) is 0 Å². The first kappa shape index (κ1) is 23.5. The quantitative estimate of drug-likeness (QED) is 0.525. The zero-order valence-corrected chi connectivity index (χ0v) is 18.6. The van der Waals surface area contributed by atoms with E-state index in [1.54, 1.807) is 37.4 Å². The minimum Gasteiger partial charge on any atom is -0.496 e. The van der Waals surface area contributed by atoms with Crippen LogP contribution < -0.4 is 10.1 Å². The van der Waals surface area contributed by atoms with Crippen LogP contribution in [-0.2, 0) is 17.6 Å². The Bertz CT molecular complexity index is 991. The normalized spacial score (nSPS) is 16.7.